The number of pyridine rings is 1. The van der Waals surface area contributed by atoms with Gasteiger partial charge in [-0.2, -0.15) is 35.5 Å². The van der Waals surface area contributed by atoms with E-state index in [2.05, 4.69) is 14.5 Å². The third-order valence-electron chi connectivity index (χ3n) is 4.53. The summed E-state index contributed by atoms with van der Waals surface area (Å²) in [5, 5.41) is 20.9. The molecule has 2 aromatic heterocycles. The molecule has 14 heteroatoms. The molecule has 3 aromatic rings. The highest BCUT2D eigenvalue weighted by Crippen LogP contribution is 2.41. The molecule has 0 saturated heterocycles. The fourth-order valence-electron chi connectivity index (χ4n) is 3.04. The van der Waals surface area contributed by atoms with E-state index < -0.39 is 47.8 Å². The minimum atomic E-state index is -4.94. The fourth-order valence-corrected chi connectivity index (χ4v) is 4.09. The SMILES string of the molecule is [O-][n+]1ccc(CC(c2ccc(OC(F)F)c(OC(F)F)c2)c2ncc(C(O)C(F)(F)F)s2)cc1. The molecule has 1 N–H and O–H groups in total. The fraction of sp³-hybridized carbons (Fsp3) is 0.300. The zero-order chi connectivity index (χ0) is 25.0. The number of aromatic nitrogens is 2. The Labute approximate surface area is 191 Å². The van der Waals surface area contributed by atoms with E-state index in [-0.39, 0.29) is 17.0 Å². The summed E-state index contributed by atoms with van der Waals surface area (Å²) in [6, 6.07) is 6.07. The number of halogens is 7. The molecule has 184 valence electrons. The quantitative estimate of drug-likeness (QED) is 0.250. The summed E-state index contributed by atoms with van der Waals surface area (Å²) in [5.74, 6) is -2.25. The lowest BCUT2D eigenvalue weighted by molar-refractivity contribution is -0.605. The van der Waals surface area contributed by atoms with Gasteiger partial charge < -0.3 is 19.8 Å². The van der Waals surface area contributed by atoms with Gasteiger partial charge in [-0.05, 0) is 29.7 Å². The molecule has 0 aliphatic rings. The van der Waals surface area contributed by atoms with Gasteiger partial charge in [-0.1, -0.05) is 6.07 Å². The van der Waals surface area contributed by atoms with Crippen LogP contribution in [0.1, 0.15) is 33.0 Å². The number of alkyl halides is 7. The predicted octanol–water partition coefficient (Wildman–Crippen LogP) is 4.95. The summed E-state index contributed by atoms with van der Waals surface area (Å²) in [6.45, 7) is -6.70. The van der Waals surface area contributed by atoms with E-state index in [9.17, 15) is 41.0 Å². The molecule has 6 nitrogen and oxygen atoms in total. The van der Waals surface area contributed by atoms with Crippen LogP contribution in [-0.2, 0) is 6.42 Å². The van der Waals surface area contributed by atoms with Gasteiger partial charge in [-0.15, -0.1) is 11.3 Å². The van der Waals surface area contributed by atoms with Crippen molar-refractivity contribution in [3.63, 3.8) is 0 Å². The Bertz CT molecular complexity index is 1090. The van der Waals surface area contributed by atoms with Crippen LogP contribution in [0.4, 0.5) is 30.7 Å². The summed E-state index contributed by atoms with van der Waals surface area (Å²) in [7, 11) is 0. The highest BCUT2D eigenvalue weighted by Gasteiger charge is 2.41. The predicted molar refractivity (Wildman–Crippen MR) is 104 cm³/mol. The molecule has 0 saturated carbocycles. The molecule has 0 fully saturated rings. The molecule has 0 aliphatic heterocycles. The number of nitrogens with zero attached hydrogens (tertiary/aromatic N) is 2. The van der Waals surface area contributed by atoms with Crippen molar-refractivity contribution >= 4 is 11.3 Å². The molecule has 0 bridgehead atoms. The second kappa shape index (κ2) is 10.4. The Kier molecular flexibility index (Phi) is 7.82. The van der Waals surface area contributed by atoms with Crippen molar-refractivity contribution in [1.29, 1.82) is 0 Å². The van der Waals surface area contributed by atoms with E-state index in [1.54, 1.807) is 0 Å². The second-order valence-electron chi connectivity index (χ2n) is 6.83. The Hall–Kier alpha value is -3.13. The monoisotopic (exact) mass is 512 g/mol. The van der Waals surface area contributed by atoms with E-state index in [0.29, 0.717) is 21.6 Å². The van der Waals surface area contributed by atoms with Crippen molar-refractivity contribution in [2.45, 2.75) is 37.8 Å². The van der Waals surface area contributed by atoms with Crippen molar-refractivity contribution in [3.8, 4) is 11.5 Å². The van der Waals surface area contributed by atoms with Crippen LogP contribution in [0, 0.1) is 5.21 Å². The van der Waals surface area contributed by atoms with Gasteiger partial charge >= 0.3 is 19.4 Å². The maximum absolute atomic E-state index is 12.9. The number of hydrogen-bond donors (Lipinski definition) is 1. The van der Waals surface area contributed by atoms with E-state index in [1.165, 1.54) is 30.6 Å². The number of aliphatic hydroxyl groups excluding tert-OH is 1. The first-order valence-corrected chi connectivity index (χ1v) is 10.2. The zero-order valence-corrected chi connectivity index (χ0v) is 17.6. The van der Waals surface area contributed by atoms with Crippen molar-refractivity contribution in [2.24, 2.45) is 0 Å². The van der Waals surface area contributed by atoms with E-state index >= 15 is 0 Å². The van der Waals surface area contributed by atoms with E-state index in [0.717, 1.165) is 18.3 Å². The van der Waals surface area contributed by atoms with Gasteiger partial charge in [0, 0.05) is 24.2 Å². The summed E-state index contributed by atoms with van der Waals surface area (Å²) >= 11 is 0.540. The van der Waals surface area contributed by atoms with Crippen LogP contribution < -0.4 is 14.2 Å². The van der Waals surface area contributed by atoms with E-state index in [1.807, 2.05) is 0 Å². The molecule has 2 heterocycles. The maximum Gasteiger partial charge on any atom is 0.419 e. The Morgan fingerprint density at radius 1 is 1.00 bits per heavy atom. The summed E-state index contributed by atoms with van der Waals surface area (Å²) in [5.41, 5.74) is 0.716. The number of hydrogen-bond acceptors (Lipinski definition) is 6. The molecule has 2 atom stereocenters. The van der Waals surface area contributed by atoms with Gasteiger partial charge in [0.15, 0.2) is 30.0 Å². The van der Waals surface area contributed by atoms with Gasteiger partial charge in [0.1, 0.15) is 5.01 Å². The number of ether oxygens (including phenoxy) is 2. The standard InChI is InChI=1S/C20H15F7N2O4S/c21-18(22)32-13-2-1-11(8-14(13)33-19(23)24)12(7-10-3-5-29(31)6-4-10)17-28-9-15(34-17)16(30)20(25,26)27/h1-6,8-9,12,16,18-19,30H,7H2. The van der Waals surface area contributed by atoms with Crippen LogP contribution in [0.2, 0.25) is 0 Å². The van der Waals surface area contributed by atoms with Gasteiger partial charge in [0.2, 0.25) is 0 Å². The minimum absolute atomic E-state index is 0.0408. The summed E-state index contributed by atoms with van der Waals surface area (Å²) in [6.07, 6.45) is -4.48. The molecule has 0 radical (unpaired) electrons. The number of benzene rings is 1. The average Bonchev–Trinajstić information content (AvgIpc) is 3.22. The van der Waals surface area contributed by atoms with Crippen LogP contribution >= 0.6 is 11.3 Å². The molecule has 1 aromatic carbocycles. The first-order chi connectivity index (χ1) is 15.9. The lowest BCUT2D eigenvalue weighted by atomic mass is 9.92. The number of rotatable bonds is 9. The largest absolute Gasteiger partial charge is 0.619 e. The van der Waals surface area contributed by atoms with Crippen LogP contribution in [0.3, 0.4) is 0 Å². The third-order valence-corrected chi connectivity index (χ3v) is 5.70. The van der Waals surface area contributed by atoms with Crippen LogP contribution in [0.25, 0.3) is 0 Å². The molecule has 2 unspecified atom stereocenters. The summed E-state index contributed by atoms with van der Waals surface area (Å²) < 4.78 is 98.7. The first-order valence-electron chi connectivity index (χ1n) is 9.35. The lowest BCUT2D eigenvalue weighted by Crippen LogP contribution is -2.24. The van der Waals surface area contributed by atoms with Gasteiger partial charge in [0.25, 0.3) is 0 Å². The normalized spacial score (nSPS) is 13.8. The molecular weight excluding hydrogens is 497 g/mol. The second-order valence-corrected chi connectivity index (χ2v) is 7.92. The number of thiazole rings is 1. The smallest absolute Gasteiger partial charge is 0.419 e. The van der Waals surface area contributed by atoms with Crippen LogP contribution in [-0.4, -0.2) is 29.5 Å². The van der Waals surface area contributed by atoms with Gasteiger partial charge in [-0.25, -0.2) is 4.98 Å². The third kappa shape index (κ3) is 6.47. The Morgan fingerprint density at radius 2 is 1.62 bits per heavy atom. The Balaban J connectivity index is 2.05. The van der Waals surface area contributed by atoms with Crippen molar-refractivity contribution in [1.82, 2.24) is 4.98 Å². The van der Waals surface area contributed by atoms with Gasteiger partial charge in [0.05, 0.1) is 4.88 Å². The highest BCUT2D eigenvalue weighted by atomic mass is 32.1. The van der Waals surface area contributed by atoms with Crippen molar-refractivity contribution < 1.29 is 50.0 Å². The van der Waals surface area contributed by atoms with E-state index in [4.69, 9.17) is 0 Å². The van der Waals surface area contributed by atoms with Crippen LogP contribution in [0.15, 0.2) is 48.9 Å². The maximum atomic E-state index is 12.9. The molecular formula is C20H15F7N2O4S. The topological polar surface area (TPSA) is 78.5 Å². The first kappa shape index (κ1) is 25.5. The Morgan fingerprint density at radius 3 is 2.21 bits per heavy atom. The number of aliphatic hydroxyl groups is 1. The van der Waals surface area contributed by atoms with Crippen LogP contribution in [0.5, 0.6) is 11.5 Å². The minimum Gasteiger partial charge on any atom is -0.619 e. The highest BCUT2D eigenvalue weighted by molar-refractivity contribution is 7.11. The summed E-state index contributed by atoms with van der Waals surface area (Å²) in [4.78, 5) is 3.45. The van der Waals surface area contributed by atoms with Crippen molar-refractivity contribution in [2.75, 3.05) is 0 Å². The average molecular weight is 512 g/mol. The molecule has 0 spiro atoms. The molecule has 3 rings (SSSR count). The van der Waals surface area contributed by atoms with Gasteiger partial charge in [-0.3, -0.25) is 0 Å². The molecule has 0 aliphatic carbocycles. The zero-order valence-electron chi connectivity index (χ0n) is 16.8. The molecule has 0 amide bonds. The lowest BCUT2D eigenvalue weighted by Gasteiger charge is -2.18. The molecule has 34 heavy (non-hydrogen) atoms. The van der Waals surface area contributed by atoms with Crippen molar-refractivity contribution in [3.05, 3.63) is 75.1 Å².